The SMILES string of the molecule is C=Cc1c(C)cc(F)cc1C. The van der Waals surface area contributed by atoms with E-state index in [1.165, 1.54) is 12.1 Å². The Labute approximate surface area is 66.4 Å². The Hall–Kier alpha value is -1.11. The van der Waals surface area contributed by atoms with Gasteiger partial charge in [-0.25, -0.2) is 4.39 Å². The first-order chi connectivity index (χ1) is 5.15. The zero-order valence-electron chi connectivity index (χ0n) is 6.82. The summed E-state index contributed by atoms with van der Waals surface area (Å²) in [4.78, 5) is 0. The summed E-state index contributed by atoms with van der Waals surface area (Å²) in [5, 5.41) is 0. The van der Waals surface area contributed by atoms with E-state index in [1.54, 1.807) is 6.08 Å². The molecule has 0 N–H and O–H groups in total. The van der Waals surface area contributed by atoms with Crippen molar-refractivity contribution in [2.75, 3.05) is 0 Å². The van der Waals surface area contributed by atoms with Gasteiger partial charge in [0, 0.05) is 0 Å². The van der Waals surface area contributed by atoms with Crippen molar-refractivity contribution >= 4 is 6.08 Å². The minimum atomic E-state index is -0.175. The van der Waals surface area contributed by atoms with Crippen molar-refractivity contribution in [3.63, 3.8) is 0 Å². The maximum Gasteiger partial charge on any atom is 0.123 e. The van der Waals surface area contributed by atoms with Gasteiger partial charge in [-0.1, -0.05) is 12.7 Å². The molecule has 0 saturated heterocycles. The van der Waals surface area contributed by atoms with Crippen LogP contribution in [-0.2, 0) is 0 Å². The molecule has 0 bridgehead atoms. The molecule has 0 radical (unpaired) electrons. The second-order valence-electron chi connectivity index (χ2n) is 2.66. The first-order valence-corrected chi connectivity index (χ1v) is 3.54. The molecule has 1 aromatic carbocycles. The number of hydrogen-bond donors (Lipinski definition) is 0. The van der Waals surface area contributed by atoms with Crippen molar-refractivity contribution in [2.45, 2.75) is 13.8 Å². The van der Waals surface area contributed by atoms with E-state index in [0.29, 0.717) is 0 Å². The predicted molar refractivity (Wildman–Crippen MR) is 46.0 cm³/mol. The summed E-state index contributed by atoms with van der Waals surface area (Å²) in [5.41, 5.74) is 2.92. The summed E-state index contributed by atoms with van der Waals surface area (Å²) in [6.07, 6.45) is 1.75. The van der Waals surface area contributed by atoms with Crippen molar-refractivity contribution in [3.8, 4) is 0 Å². The average molecular weight is 150 g/mol. The lowest BCUT2D eigenvalue weighted by atomic mass is 10.0. The lowest BCUT2D eigenvalue weighted by Crippen LogP contribution is -1.87. The van der Waals surface area contributed by atoms with Crippen LogP contribution in [0.15, 0.2) is 18.7 Å². The summed E-state index contributed by atoms with van der Waals surface area (Å²) in [6.45, 7) is 7.42. The van der Waals surface area contributed by atoms with Gasteiger partial charge < -0.3 is 0 Å². The van der Waals surface area contributed by atoms with Gasteiger partial charge in [-0.2, -0.15) is 0 Å². The molecule has 0 aromatic heterocycles. The molecule has 1 rings (SSSR count). The van der Waals surface area contributed by atoms with Gasteiger partial charge in [-0.15, -0.1) is 0 Å². The van der Waals surface area contributed by atoms with Gasteiger partial charge in [-0.05, 0) is 42.7 Å². The Kier molecular flexibility index (Phi) is 2.08. The number of halogens is 1. The van der Waals surface area contributed by atoms with Crippen LogP contribution in [0, 0.1) is 19.7 Å². The molecule has 1 heteroatoms. The molecule has 0 aliphatic carbocycles. The fourth-order valence-corrected chi connectivity index (χ4v) is 1.24. The molecule has 58 valence electrons. The van der Waals surface area contributed by atoms with Gasteiger partial charge in [0.1, 0.15) is 5.82 Å². The van der Waals surface area contributed by atoms with Crippen molar-refractivity contribution in [3.05, 3.63) is 41.2 Å². The van der Waals surface area contributed by atoms with Crippen LogP contribution >= 0.6 is 0 Å². The Balaban J connectivity index is 3.36. The molecule has 1 aromatic rings. The fraction of sp³-hybridized carbons (Fsp3) is 0.200. The third-order valence-corrected chi connectivity index (χ3v) is 1.76. The van der Waals surface area contributed by atoms with Crippen LogP contribution in [0.25, 0.3) is 6.08 Å². The summed E-state index contributed by atoms with van der Waals surface area (Å²) in [5.74, 6) is -0.175. The summed E-state index contributed by atoms with van der Waals surface area (Å²) < 4.78 is 12.7. The Bertz CT molecular complexity index is 264. The Morgan fingerprint density at radius 1 is 1.27 bits per heavy atom. The van der Waals surface area contributed by atoms with Crippen LogP contribution in [0.2, 0.25) is 0 Å². The fourth-order valence-electron chi connectivity index (χ4n) is 1.24. The predicted octanol–water partition coefficient (Wildman–Crippen LogP) is 3.09. The van der Waals surface area contributed by atoms with Gasteiger partial charge in [-0.3, -0.25) is 0 Å². The highest BCUT2D eigenvalue weighted by Gasteiger charge is 2.00. The molecular weight excluding hydrogens is 139 g/mol. The standard InChI is InChI=1S/C10H11F/c1-4-10-7(2)5-9(11)6-8(10)3/h4-6H,1H2,2-3H3. The van der Waals surface area contributed by atoms with Crippen LogP contribution in [0.5, 0.6) is 0 Å². The number of aryl methyl sites for hydroxylation is 2. The summed E-state index contributed by atoms with van der Waals surface area (Å²) in [6, 6.07) is 3.04. The smallest absolute Gasteiger partial charge is 0.123 e. The highest BCUT2D eigenvalue weighted by atomic mass is 19.1. The number of rotatable bonds is 1. The molecule has 0 amide bonds. The maximum atomic E-state index is 12.7. The zero-order valence-corrected chi connectivity index (χ0v) is 6.82. The van der Waals surface area contributed by atoms with Crippen molar-refractivity contribution in [1.82, 2.24) is 0 Å². The minimum Gasteiger partial charge on any atom is -0.207 e. The second-order valence-corrected chi connectivity index (χ2v) is 2.66. The highest BCUT2D eigenvalue weighted by molar-refractivity contribution is 5.55. The monoisotopic (exact) mass is 150 g/mol. The topological polar surface area (TPSA) is 0 Å². The average Bonchev–Trinajstić information content (AvgIpc) is 1.85. The van der Waals surface area contributed by atoms with Gasteiger partial charge in [0.25, 0.3) is 0 Å². The van der Waals surface area contributed by atoms with Crippen molar-refractivity contribution in [1.29, 1.82) is 0 Å². The van der Waals surface area contributed by atoms with Gasteiger partial charge in [0.2, 0.25) is 0 Å². The van der Waals surface area contributed by atoms with Gasteiger partial charge in [0.05, 0.1) is 0 Å². The van der Waals surface area contributed by atoms with Crippen LogP contribution in [-0.4, -0.2) is 0 Å². The molecule has 0 fully saturated rings. The highest BCUT2D eigenvalue weighted by Crippen LogP contribution is 2.16. The van der Waals surface area contributed by atoms with Crippen molar-refractivity contribution < 1.29 is 4.39 Å². The van der Waals surface area contributed by atoms with Crippen LogP contribution in [0.1, 0.15) is 16.7 Å². The second kappa shape index (κ2) is 2.87. The van der Waals surface area contributed by atoms with Crippen molar-refractivity contribution in [2.24, 2.45) is 0 Å². The van der Waals surface area contributed by atoms with E-state index in [-0.39, 0.29) is 5.82 Å². The van der Waals surface area contributed by atoms with E-state index in [0.717, 1.165) is 16.7 Å². The quantitative estimate of drug-likeness (QED) is 0.577. The van der Waals surface area contributed by atoms with Crippen LogP contribution in [0.3, 0.4) is 0 Å². The van der Waals surface area contributed by atoms with E-state index in [1.807, 2.05) is 13.8 Å². The lowest BCUT2D eigenvalue weighted by molar-refractivity contribution is 0.625. The molecule has 0 spiro atoms. The third-order valence-electron chi connectivity index (χ3n) is 1.76. The third kappa shape index (κ3) is 1.48. The first-order valence-electron chi connectivity index (χ1n) is 3.54. The van der Waals surface area contributed by atoms with E-state index < -0.39 is 0 Å². The molecule has 0 atom stereocenters. The van der Waals surface area contributed by atoms with Gasteiger partial charge >= 0.3 is 0 Å². The summed E-state index contributed by atoms with van der Waals surface area (Å²) >= 11 is 0. The van der Waals surface area contributed by atoms with E-state index >= 15 is 0 Å². The molecule has 0 saturated carbocycles. The molecule has 0 aliphatic heterocycles. The lowest BCUT2D eigenvalue weighted by Gasteiger charge is -2.03. The van der Waals surface area contributed by atoms with Crippen LogP contribution < -0.4 is 0 Å². The molecule has 11 heavy (non-hydrogen) atoms. The summed E-state index contributed by atoms with van der Waals surface area (Å²) in [7, 11) is 0. The molecular formula is C10H11F. The number of hydrogen-bond acceptors (Lipinski definition) is 0. The van der Waals surface area contributed by atoms with E-state index in [9.17, 15) is 4.39 Å². The minimum absolute atomic E-state index is 0.175. The van der Waals surface area contributed by atoms with Gasteiger partial charge in [0.15, 0.2) is 0 Å². The molecule has 0 heterocycles. The Morgan fingerprint density at radius 3 is 2.09 bits per heavy atom. The van der Waals surface area contributed by atoms with E-state index in [2.05, 4.69) is 6.58 Å². The number of benzene rings is 1. The van der Waals surface area contributed by atoms with Crippen LogP contribution in [0.4, 0.5) is 4.39 Å². The normalized spacial score (nSPS) is 9.73. The first kappa shape index (κ1) is 7.99. The molecule has 0 aliphatic rings. The largest absolute Gasteiger partial charge is 0.207 e. The Morgan fingerprint density at radius 2 is 1.73 bits per heavy atom. The zero-order chi connectivity index (χ0) is 8.43. The van der Waals surface area contributed by atoms with E-state index in [4.69, 9.17) is 0 Å². The molecule has 0 unspecified atom stereocenters. The maximum absolute atomic E-state index is 12.7. The molecule has 0 nitrogen and oxygen atoms in total.